The number of aromatic nitrogens is 3. The van der Waals surface area contributed by atoms with Crippen molar-refractivity contribution in [3.05, 3.63) is 12.4 Å². The van der Waals surface area contributed by atoms with Gasteiger partial charge in [-0.3, -0.25) is 14.3 Å². The second kappa shape index (κ2) is 7.02. The van der Waals surface area contributed by atoms with Crippen LogP contribution in [0.25, 0.3) is 0 Å². The van der Waals surface area contributed by atoms with Crippen molar-refractivity contribution in [2.45, 2.75) is 38.6 Å². The van der Waals surface area contributed by atoms with Gasteiger partial charge in [0.2, 0.25) is 5.91 Å². The summed E-state index contributed by atoms with van der Waals surface area (Å²) in [6, 6.07) is 0. The van der Waals surface area contributed by atoms with Crippen LogP contribution in [-0.4, -0.2) is 38.5 Å². The fourth-order valence-corrected chi connectivity index (χ4v) is 2.55. The van der Waals surface area contributed by atoms with Gasteiger partial charge in [-0.25, -0.2) is 0 Å². The monoisotopic (exact) mass is 280 g/mol. The summed E-state index contributed by atoms with van der Waals surface area (Å²) < 4.78 is 1.73. The van der Waals surface area contributed by atoms with Crippen LogP contribution in [0.5, 0.6) is 0 Å². The first kappa shape index (κ1) is 14.5. The standard InChI is InChI=1S/C13H20N4O3/c18-12(10-2-4-11(5-3-10)13(19)20)14-6-1-8-17-9-7-15-16-17/h7,9-11H,1-6,8H2,(H,14,18)(H,19,20). The third-order valence-electron chi connectivity index (χ3n) is 3.78. The molecule has 1 amide bonds. The zero-order valence-corrected chi connectivity index (χ0v) is 11.4. The first-order valence-corrected chi connectivity index (χ1v) is 7.01. The van der Waals surface area contributed by atoms with Crippen LogP contribution in [0.2, 0.25) is 0 Å². The van der Waals surface area contributed by atoms with Gasteiger partial charge in [-0.15, -0.1) is 5.10 Å². The lowest BCUT2D eigenvalue weighted by Gasteiger charge is -2.25. The lowest BCUT2D eigenvalue weighted by Crippen LogP contribution is -2.35. The third kappa shape index (κ3) is 4.04. The van der Waals surface area contributed by atoms with Gasteiger partial charge in [0.05, 0.1) is 12.1 Å². The number of carbonyl (C=O) groups is 2. The molecule has 110 valence electrons. The Labute approximate surface area is 117 Å². The fraction of sp³-hybridized carbons (Fsp3) is 0.692. The molecule has 2 N–H and O–H groups in total. The summed E-state index contributed by atoms with van der Waals surface area (Å²) in [5, 5.41) is 19.4. The van der Waals surface area contributed by atoms with Gasteiger partial charge in [0.25, 0.3) is 0 Å². The molecule has 0 saturated heterocycles. The SMILES string of the molecule is O=C(O)C1CCC(C(=O)NCCCn2ccnn2)CC1. The number of rotatable bonds is 6. The maximum absolute atomic E-state index is 11.9. The van der Waals surface area contributed by atoms with E-state index < -0.39 is 5.97 Å². The number of nitrogens with one attached hydrogen (secondary N) is 1. The fourth-order valence-electron chi connectivity index (χ4n) is 2.55. The molecule has 1 aromatic rings. The van der Waals surface area contributed by atoms with Gasteiger partial charge in [-0.1, -0.05) is 5.21 Å². The minimum Gasteiger partial charge on any atom is -0.481 e. The summed E-state index contributed by atoms with van der Waals surface area (Å²) in [7, 11) is 0. The molecule has 0 unspecified atom stereocenters. The number of carboxylic acid groups (broad SMARTS) is 1. The van der Waals surface area contributed by atoms with Gasteiger partial charge in [-0.05, 0) is 32.1 Å². The number of nitrogens with zero attached hydrogens (tertiary/aromatic N) is 3. The summed E-state index contributed by atoms with van der Waals surface area (Å²) in [4.78, 5) is 22.8. The van der Waals surface area contributed by atoms with Gasteiger partial charge in [-0.2, -0.15) is 0 Å². The van der Waals surface area contributed by atoms with E-state index in [0.717, 1.165) is 13.0 Å². The van der Waals surface area contributed by atoms with Crippen molar-refractivity contribution in [3.8, 4) is 0 Å². The molecule has 1 aliphatic carbocycles. The molecule has 1 aliphatic rings. The maximum Gasteiger partial charge on any atom is 0.306 e. The van der Waals surface area contributed by atoms with Crippen LogP contribution in [-0.2, 0) is 16.1 Å². The van der Waals surface area contributed by atoms with E-state index in [0.29, 0.717) is 32.2 Å². The Kier molecular flexibility index (Phi) is 5.09. The van der Waals surface area contributed by atoms with Crippen LogP contribution in [0, 0.1) is 11.8 Å². The highest BCUT2D eigenvalue weighted by Gasteiger charge is 2.29. The van der Waals surface area contributed by atoms with Gasteiger partial charge >= 0.3 is 5.97 Å². The van der Waals surface area contributed by atoms with Crippen LogP contribution in [0.3, 0.4) is 0 Å². The van der Waals surface area contributed by atoms with E-state index in [1.807, 2.05) is 0 Å². The first-order valence-electron chi connectivity index (χ1n) is 7.01. The Morgan fingerprint density at radius 1 is 1.25 bits per heavy atom. The van der Waals surface area contributed by atoms with Crippen molar-refractivity contribution in [1.82, 2.24) is 20.3 Å². The molecule has 0 spiro atoms. The second-order valence-electron chi connectivity index (χ2n) is 5.20. The Morgan fingerprint density at radius 2 is 1.95 bits per heavy atom. The Morgan fingerprint density at radius 3 is 2.55 bits per heavy atom. The number of hydrogen-bond acceptors (Lipinski definition) is 4. The number of hydrogen-bond donors (Lipinski definition) is 2. The minimum absolute atomic E-state index is 0.0306. The summed E-state index contributed by atoms with van der Waals surface area (Å²) in [6.07, 6.45) is 6.77. The summed E-state index contributed by atoms with van der Waals surface area (Å²) in [5.41, 5.74) is 0. The predicted octanol–water partition coefficient (Wildman–Crippen LogP) is 0.675. The average molecular weight is 280 g/mol. The van der Waals surface area contributed by atoms with Crippen molar-refractivity contribution >= 4 is 11.9 Å². The lowest BCUT2D eigenvalue weighted by molar-refractivity contribution is -0.144. The molecular weight excluding hydrogens is 260 g/mol. The molecule has 1 fully saturated rings. The summed E-state index contributed by atoms with van der Waals surface area (Å²) in [5.74, 6) is -0.993. The van der Waals surface area contributed by atoms with Gasteiger partial charge in [0.15, 0.2) is 0 Å². The minimum atomic E-state index is -0.739. The molecule has 0 aliphatic heterocycles. The number of amides is 1. The van der Waals surface area contributed by atoms with E-state index in [2.05, 4.69) is 15.6 Å². The number of carboxylic acids is 1. The first-order chi connectivity index (χ1) is 9.66. The molecule has 1 aromatic heterocycles. The zero-order chi connectivity index (χ0) is 14.4. The molecule has 1 saturated carbocycles. The normalized spacial score (nSPS) is 22.4. The summed E-state index contributed by atoms with van der Waals surface area (Å²) >= 11 is 0. The Bertz CT molecular complexity index is 438. The van der Waals surface area contributed by atoms with Gasteiger partial charge in [0.1, 0.15) is 0 Å². The Balaban J connectivity index is 1.62. The molecule has 7 nitrogen and oxygen atoms in total. The van der Waals surface area contributed by atoms with Crippen LogP contribution >= 0.6 is 0 Å². The topological polar surface area (TPSA) is 97.1 Å². The van der Waals surface area contributed by atoms with Crippen molar-refractivity contribution < 1.29 is 14.7 Å². The van der Waals surface area contributed by atoms with Crippen molar-refractivity contribution in [2.75, 3.05) is 6.54 Å². The smallest absolute Gasteiger partial charge is 0.306 e. The second-order valence-corrected chi connectivity index (χ2v) is 5.20. The number of aliphatic carboxylic acids is 1. The van der Waals surface area contributed by atoms with Gasteiger partial charge in [0, 0.05) is 25.2 Å². The molecule has 7 heteroatoms. The Hall–Kier alpha value is -1.92. The largest absolute Gasteiger partial charge is 0.481 e. The van der Waals surface area contributed by atoms with E-state index in [4.69, 9.17) is 5.11 Å². The third-order valence-corrected chi connectivity index (χ3v) is 3.78. The number of aryl methyl sites for hydroxylation is 1. The molecule has 0 atom stereocenters. The lowest BCUT2D eigenvalue weighted by atomic mass is 9.81. The van der Waals surface area contributed by atoms with E-state index in [1.165, 1.54) is 0 Å². The molecule has 1 heterocycles. The maximum atomic E-state index is 11.9. The predicted molar refractivity (Wildman–Crippen MR) is 70.7 cm³/mol. The van der Waals surface area contributed by atoms with E-state index in [-0.39, 0.29) is 17.7 Å². The molecule has 2 rings (SSSR count). The summed E-state index contributed by atoms with van der Waals surface area (Å²) in [6.45, 7) is 1.34. The quantitative estimate of drug-likeness (QED) is 0.747. The van der Waals surface area contributed by atoms with Crippen LogP contribution in [0.15, 0.2) is 12.4 Å². The van der Waals surface area contributed by atoms with E-state index in [9.17, 15) is 9.59 Å². The molecule has 0 radical (unpaired) electrons. The average Bonchev–Trinajstić information content (AvgIpc) is 2.96. The van der Waals surface area contributed by atoms with Crippen LogP contribution < -0.4 is 5.32 Å². The zero-order valence-electron chi connectivity index (χ0n) is 11.4. The van der Waals surface area contributed by atoms with Crippen molar-refractivity contribution in [2.24, 2.45) is 11.8 Å². The van der Waals surface area contributed by atoms with Crippen LogP contribution in [0.4, 0.5) is 0 Å². The van der Waals surface area contributed by atoms with Gasteiger partial charge < -0.3 is 10.4 Å². The molecule has 20 heavy (non-hydrogen) atoms. The molecule has 0 aromatic carbocycles. The highest BCUT2D eigenvalue weighted by atomic mass is 16.4. The van der Waals surface area contributed by atoms with E-state index in [1.54, 1.807) is 17.1 Å². The van der Waals surface area contributed by atoms with Crippen molar-refractivity contribution in [3.63, 3.8) is 0 Å². The molecule has 0 bridgehead atoms. The highest BCUT2D eigenvalue weighted by Crippen LogP contribution is 2.28. The van der Waals surface area contributed by atoms with E-state index >= 15 is 0 Å². The molecular formula is C13H20N4O3. The number of carbonyl (C=O) groups excluding carboxylic acids is 1. The van der Waals surface area contributed by atoms with Crippen molar-refractivity contribution in [1.29, 1.82) is 0 Å². The van der Waals surface area contributed by atoms with Crippen LogP contribution in [0.1, 0.15) is 32.1 Å². The highest BCUT2D eigenvalue weighted by molar-refractivity contribution is 5.79.